The lowest BCUT2D eigenvalue weighted by Gasteiger charge is -2.31. The Morgan fingerprint density at radius 1 is 1.35 bits per heavy atom. The van der Waals surface area contributed by atoms with Gasteiger partial charge in [0, 0.05) is 19.6 Å². The number of nitrogens with two attached hydrogens (primary N) is 1. The van der Waals surface area contributed by atoms with Crippen molar-refractivity contribution in [3.8, 4) is 0 Å². The highest BCUT2D eigenvalue weighted by Crippen LogP contribution is 2.15. The van der Waals surface area contributed by atoms with E-state index in [1.54, 1.807) is 0 Å². The Balaban J connectivity index is 0.00000256. The summed E-state index contributed by atoms with van der Waals surface area (Å²) in [5.41, 5.74) is 5.97. The summed E-state index contributed by atoms with van der Waals surface area (Å²) in [6.45, 7) is 6.37. The van der Waals surface area contributed by atoms with E-state index in [2.05, 4.69) is 35.8 Å². The third-order valence-corrected chi connectivity index (χ3v) is 3.14. The molecule has 0 aromatic carbocycles. The molecule has 0 saturated carbocycles. The molecule has 0 amide bonds. The Labute approximate surface area is 123 Å². The molecule has 2 N–H and O–H groups in total. The van der Waals surface area contributed by atoms with Crippen molar-refractivity contribution < 1.29 is 0 Å². The molecule has 1 aliphatic heterocycles. The van der Waals surface area contributed by atoms with Gasteiger partial charge in [-0.25, -0.2) is 0 Å². The number of piperidine rings is 1. The maximum absolute atomic E-state index is 5.97. The van der Waals surface area contributed by atoms with E-state index >= 15 is 0 Å². The topological polar surface area (TPSA) is 44.9 Å². The second-order valence-electron chi connectivity index (χ2n) is 5.07. The third kappa shape index (κ3) is 7.08. The minimum atomic E-state index is 0. The molecule has 102 valence electrons. The number of rotatable bonds is 4. The monoisotopic (exact) mass is 354 g/mol. The van der Waals surface area contributed by atoms with Crippen molar-refractivity contribution in [2.75, 3.05) is 40.3 Å². The highest BCUT2D eigenvalue weighted by Gasteiger charge is 2.16. The lowest BCUT2D eigenvalue weighted by atomic mass is 10.00. The van der Waals surface area contributed by atoms with Crippen LogP contribution in [-0.4, -0.2) is 56.0 Å². The SMILES string of the molecule is CC1CCN(C(N)=NCCCN(C)C)CC1.I. The lowest BCUT2D eigenvalue weighted by molar-refractivity contribution is 0.277. The van der Waals surface area contributed by atoms with Gasteiger partial charge in [-0.2, -0.15) is 0 Å². The van der Waals surface area contributed by atoms with Crippen LogP contribution in [0.2, 0.25) is 0 Å². The van der Waals surface area contributed by atoms with Gasteiger partial charge >= 0.3 is 0 Å². The molecule has 0 aromatic heterocycles. The zero-order valence-electron chi connectivity index (χ0n) is 11.4. The third-order valence-electron chi connectivity index (χ3n) is 3.14. The summed E-state index contributed by atoms with van der Waals surface area (Å²) in [7, 11) is 4.16. The van der Waals surface area contributed by atoms with E-state index in [-0.39, 0.29) is 24.0 Å². The Morgan fingerprint density at radius 2 is 1.94 bits per heavy atom. The molecular weight excluding hydrogens is 327 g/mol. The molecule has 1 rings (SSSR count). The summed E-state index contributed by atoms with van der Waals surface area (Å²) in [6.07, 6.45) is 3.57. The summed E-state index contributed by atoms with van der Waals surface area (Å²) in [5.74, 6) is 1.59. The molecule has 1 aliphatic rings. The second kappa shape index (κ2) is 8.97. The van der Waals surface area contributed by atoms with Gasteiger partial charge in [-0.05, 0) is 45.8 Å². The molecule has 5 heteroatoms. The average Bonchev–Trinajstić information content (AvgIpc) is 2.25. The molecule has 1 heterocycles. The van der Waals surface area contributed by atoms with Crippen molar-refractivity contribution in [1.82, 2.24) is 9.80 Å². The number of guanidine groups is 1. The molecular formula is C12H27IN4. The highest BCUT2D eigenvalue weighted by atomic mass is 127. The predicted octanol–water partition coefficient (Wildman–Crippen LogP) is 1.60. The number of nitrogens with zero attached hydrogens (tertiary/aromatic N) is 3. The molecule has 0 spiro atoms. The normalized spacial score (nSPS) is 18.4. The summed E-state index contributed by atoms with van der Waals surface area (Å²) in [6, 6.07) is 0. The van der Waals surface area contributed by atoms with Gasteiger partial charge in [0.25, 0.3) is 0 Å². The van der Waals surface area contributed by atoms with Gasteiger partial charge in [0.2, 0.25) is 0 Å². The lowest BCUT2D eigenvalue weighted by Crippen LogP contribution is -2.42. The largest absolute Gasteiger partial charge is 0.370 e. The van der Waals surface area contributed by atoms with Gasteiger partial charge in [0.15, 0.2) is 5.96 Å². The molecule has 17 heavy (non-hydrogen) atoms. The van der Waals surface area contributed by atoms with Crippen molar-refractivity contribution in [1.29, 1.82) is 0 Å². The Kier molecular flexibility index (Phi) is 8.94. The van der Waals surface area contributed by atoms with E-state index in [1.165, 1.54) is 12.8 Å². The molecule has 0 aromatic rings. The summed E-state index contributed by atoms with van der Waals surface area (Å²) < 4.78 is 0. The molecule has 0 bridgehead atoms. The van der Waals surface area contributed by atoms with Crippen LogP contribution in [0.5, 0.6) is 0 Å². The first-order valence-electron chi connectivity index (χ1n) is 6.29. The zero-order chi connectivity index (χ0) is 12.0. The van der Waals surface area contributed by atoms with Crippen LogP contribution in [0.25, 0.3) is 0 Å². The Hall–Kier alpha value is -0.0400. The van der Waals surface area contributed by atoms with Crippen molar-refractivity contribution in [2.24, 2.45) is 16.6 Å². The molecule has 0 radical (unpaired) electrons. The maximum Gasteiger partial charge on any atom is 0.191 e. The van der Waals surface area contributed by atoms with E-state index in [9.17, 15) is 0 Å². The van der Waals surface area contributed by atoms with Gasteiger partial charge in [0.05, 0.1) is 0 Å². The van der Waals surface area contributed by atoms with Gasteiger partial charge in [-0.15, -0.1) is 24.0 Å². The molecule has 1 saturated heterocycles. The predicted molar refractivity (Wildman–Crippen MR) is 85.0 cm³/mol. The fraction of sp³-hybridized carbons (Fsp3) is 0.917. The van der Waals surface area contributed by atoms with Gasteiger partial charge < -0.3 is 15.5 Å². The van der Waals surface area contributed by atoms with Crippen LogP contribution < -0.4 is 5.73 Å². The van der Waals surface area contributed by atoms with Crippen molar-refractivity contribution in [3.63, 3.8) is 0 Å². The summed E-state index contributed by atoms with van der Waals surface area (Å²) in [5, 5.41) is 0. The number of hydrogen-bond acceptors (Lipinski definition) is 2. The number of hydrogen-bond donors (Lipinski definition) is 1. The average molecular weight is 354 g/mol. The van der Waals surface area contributed by atoms with Gasteiger partial charge in [-0.3, -0.25) is 4.99 Å². The van der Waals surface area contributed by atoms with Crippen molar-refractivity contribution in [3.05, 3.63) is 0 Å². The van der Waals surface area contributed by atoms with Crippen LogP contribution in [-0.2, 0) is 0 Å². The Bertz CT molecular complexity index is 223. The molecule has 4 nitrogen and oxygen atoms in total. The quantitative estimate of drug-likeness (QED) is 0.361. The highest BCUT2D eigenvalue weighted by molar-refractivity contribution is 14.0. The standard InChI is InChI=1S/C12H26N4.HI/c1-11-5-9-16(10-6-11)12(13)14-7-4-8-15(2)3;/h11H,4-10H2,1-3H3,(H2,13,14);1H. The first-order chi connectivity index (χ1) is 7.59. The smallest absolute Gasteiger partial charge is 0.191 e. The van der Waals surface area contributed by atoms with E-state index in [4.69, 9.17) is 5.73 Å². The van der Waals surface area contributed by atoms with E-state index in [0.29, 0.717) is 0 Å². The van der Waals surface area contributed by atoms with Crippen molar-refractivity contribution in [2.45, 2.75) is 26.2 Å². The van der Waals surface area contributed by atoms with E-state index in [1.807, 2.05) is 0 Å². The van der Waals surface area contributed by atoms with Crippen LogP contribution in [0.15, 0.2) is 4.99 Å². The fourth-order valence-corrected chi connectivity index (χ4v) is 1.92. The number of halogens is 1. The van der Waals surface area contributed by atoms with E-state index < -0.39 is 0 Å². The summed E-state index contributed by atoms with van der Waals surface area (Å²) >= 11 is 0. The van der Waals surface area contributed by atoms with Gasteiger partial charge in [-0.1, -0.05) is 6.92 Å². The van der Waals surface area contributed by atoms with Crippen LogP contribution >= 0.6 is 24.0 Å². The van der Waals surface area contributed by atoms with E-state index in [0.717, 1.165) is 44.5 Å². The van der Waals surface area contributed by atoms with Crippen LogP contribution in [0.3, 0.4) is 0 Å². The molecule has 1 fully saturated rings. The zero-order valence-corrected chi connectivity index (χ0v) is 13.7. The minimum absolute atomic E-state index is 0. The number of likely N-dealkylation sites (tertiary alicyclic amines) is 1. The molecule has 0 aliphatic carbocycles. The second-order valence-corrected chi connectivity index (χ2v) is 5.07. The first kappa shape index (κ1) is 17.0. The minimum Gasteiger partial charge on any atom is -0.370 e. The van der Waals surface area contributed by atoms with Crippen LogP contribution in [0, 0.1) is 5.92 Å². The Morgan fingerprint density at radius 3 is 2.47 bits per heavy atom. The maximum atomic E-state index is 5.97. The summed E-state index contributed by atoms with van der Waals surface area (Å²) in [4.78, 5) is 8.83. The van der Waals surface area contributed by atoms with Crippen LogP contribution in [0.4, 0.5) is 0 Å². The number of aliphatic imine (C=N–C) groups is 1. The molecule has 0 unspecified atom stereocenters. The first-order valence-corrected chi connectivity index (χ1v) is 6.29. The van der Waals surface area contributed by atoms with Gasteiger partial charge in [0.1, 0.15) is 0 Å². The van der Waals surface area contributed by atoms with Crippen LogP contribution in [0.1, 0.15) is 26.2 Å². The van der Waals surface area contributed by atoms with Crippen molar-refractivity contribution >= 4 is 29.9 Å². The molecule has 0 atom stereocenters. The fourth-order valence-electron chi connectivity index (χ4n) is 1.92.